The first kappa shape index (κ1) is 17.8. The van der Waals surface area contributed by atoms with Gasteiger partial charge in [-0.2, -0.15) is 5.26 Å². The van der Waals surface area contributed by atoms with Crippen LogP contribution in [0.3, 0.4) is 0 Å². The molecule has 0 atom stereocenters. The summed E-state index contributed by atoms with van der Waals surface area (Å²) in [4.78, 5) is 23.0. The summed E-state index contributed by atoms with van der Waals surface area (Å²) < 4.78 is 7.78. The minimum Gasteiger partial charge on any atom is -0.494 e. The highest BCUT2D eigenvalue weighted by molar-refractivity contribution is 7.98. The molecule has 3 rings (SSSR count). The van der Waals surface area contributed by atoms with Gasteiger partial charge in [0, 0.05) is 24.5 Å². The molecule has 0 aliphatic carbocycles. The Bertz CT molecular complexity index is 976. The van der Waals surface area contributed by atoms with E-state index in [1.54, 1.807) is 18.6 Å². The molecule has 26 heavy (non-hydrogen) atoms. The molecule has 0 bridgehead atoms. The zero-order valence-electron chi connectivity index (χ0n) is 14.2. The Hall–Kier alpha value is -3.05. The molecule has 0 radical (unpaired) electrons. The number of nitrogens with zero attached hydrogens (tertiary/aromatic N) is 4. The fourth-order valence-corrected chi connectivity index (χ4v) is 2.83. The summed E-state index contributed by atoms with van der Waals surface area (Å²) in [5, 5.41) is 9.77. The lowest BCUT2D eigenvalue weighted by molar-refractivity contribution is 0.302. The minimum absolute atomic E-state index is 0.0000535. The summed E-state index contributed by atoms with van der Waals surface area (Å²) in [6.45, 7) is 1.37. The van der Waals surface area contributed by atoms with Crippen LogP contribution in [0, 0.1) is 11.3 Å². The third kappa shape index (κ3) is 4.13. The summed E-state index contributed by atoms with van der Waals surface area (Å²) in [5.74, 6) is 0.671. The maximum atomic E-state index is 12.1. The molecule has 0 amide bonds. The predicted octanol–water partition coefficient (Wildman–Crippen LogP) is 2.70. The Balaban J connectivity index is 1.76. The van der Waals surface area contributed by atoms with E-state index in [0.29, 0.717) is 28.8 Å². The van der Waals surface area contributed by atoms with Crippen molar-refractivity contribution in [2.45, 2.75) is 18.1 Å². The molecule has 2 aromatic heterocycles. The number of nitriles is 1. The molecule has 0 unspecified atom stereocenters. The van der Waals surface area contributed by atoms with Crippen molar-refractivity contribution in [3.63, 3.8) is 0 Å². The Kier molecular flexibility index (Phi) is 5.71. The number of ether oxygens (including phenoxy) is 1. The van der Waals surface area contributed by atoms with Crippen LogP contribution in [0.4, 0.5) is 0 Å². The summed E-state index contributed by atoms with van der Waals surface area (Å²) in [6, 6.07) is 9.21. The third-order valence-electron chi connectivity index (χ3n) is 3.70. The van der Waals surface area contributed by atoms with Gasteiger partial charge in [0.25, 0.3) is 5.56 Å². The second-order valence-corrected chi connectivity index (χ2v) is 6.24. The average Bonchev–Trinajstić information content (AvgIpc) is 3.18. The number of aromatic amines is 1. The number of H-pyrrole nitrogens is 1. The van der Waals surface area contributed by atoms with Crippen molar-refractivity contribution in [3.8, 4) is 23.1 Å². The standard InChI is InChI=1S/C18H17N5O2S/c1-26-18-21-16(15(11-19)17(24)22-18)13-4-2-5-14(10-13)25-9-3-7-23-8-6-20-12-23/h2,4-6,8,10,12H,3,7,9H2,1H3,(H,21,22,24). The normalized spacial score (nSPS) is 10.5. The van der Waals surface area contributed by atoms with Crippen molar-refractivity contribution in [2.75, 3.05) is 12.9 Å². The van der Waals surface area contributed by atoms with Gasteiger partial charge >= 0.3 is 0 Å². The van der Waals surface area contributed by atoms with Gasteiger partial charge in [0.2, 0.25) is 0 Å². The summed E-state index contributed by atoms with van der Waals surface area (Å²) >= 11 is 1.32. The molecule has 0 aliphatic heterocycles. The average molecular weight is 367 g/mol. The van der Waals surface area contributed by atoms with Crippen LogP contribution in [-0.4, -0.2) is 32.4 Å². The van der Waals surface area contributed by atoms with Crippen molar-refractivity contribution >= 4 is 11.8 Å². The van der Waals surface area contributed by atoms with E-state index in [4.69, 9.17) is 4.74 Å². The molecule has 0 spiro atoms. The van der Waals surface area contributed by atoms with E-state index >= 15 is 0 Å². The van der Waals surface area contributed by atoms with Crippen LogP contribution in [0.15, 0.2) is 52.9 Å². The second kappa shape index (κ2) is 8.36. The van der Waals surface area contributed by atoms with Crippen LogP contribution in [0.25, 0.3) is 11.3 Å². The molecule has 3 aromatic rings. The van der Waals surface area contributed by atoms with Gasteiger partial charge < -0.3 is 14.3 Å². The fourth-order valence-electron chi connectivity index (χ4n) is 2.45. The van der Waals surface area contributed by atoms with Crippen LogP contribution < -0.4 is 10.3 Å². The lowest BCUT2D eigenvalue weighted by Crippen LogP contribution is -2.14. The number of rotatable bonds is 7. The maximum absolute atomic E-state index is 12.1. The van der Waals surface area contributed by atoms with Crippen molar-refractivity contribution in [1.82, 2.24) is 19.5 Å². The molecule has 0 aliphatic rings. The largest absolute Gasteiger partial charge is 0.494 e. The SMILES string of the molecule is CSc1nc(-c2cccc(OCCCn3ccnc3)c2)c(C#N)c(=O)[nH]1. The maximum Gasteiger partial charge on any atom is 0.270 e. The molecular formula is C18H17N5O2S. The first-order valence-corrected chi connectivity index (χ1v) is 9.21. The van der Waals surface area contributed by atoms with Gasteiger partial charge in [-0.1, -0.05) is 23.9 Å². The van der Waals surface area contributed by atoms with E-state index < -0.39 is 5.56 Å². The molecule has 7 nitrogen and oxygen atoms in total. The Morgan fingerprint density at radius 3 is 3.04 bits per heavy atom. The lowest BCUT2D eigenvalue weighted by Gasteiger charge is -2.09. The Morgan fingerprint density at radius 1 is 1.42 bits per heavy atom. The first-order valence-electron chi connectivity index (χ1n) is 7.98. The van der Waals surface area contributed by atoms with Crippen LogP contribution in [0.5, 0.6) is 5.75 Å². The van der Waals surface area contributed by atoms with E-state index in [9.17, 15) is 10.1 Å². The van der Waals surface area contributed by atoms with E-state index in [2.05, 4.69) is 15.0 Å². The number of imidazole rings is 1. The highest BCUT2D eigenvalue weighted by atomic mass is 32.2. The van der Waals surface area contributed by atoms with Gasteiger partial charge in [-0.3, -0.25) is 4.79 Å². The molecule has 132 valence electrons. The van der Waals surface area contributed by atoms with E-state index in [1.165, 1.54) is 11.8 Å². The monoisotopic (exact) mass is 367 g/mol. The zero-order valence-corrected chi connectivity index (χ0v) is 15.0. The number of hydrogen-bond acceptors (Lipinski definition) is 6. The molecule has 1 N–H and O–H groups in total. The topological polar surface area (TPSA) is 96.6 Å². The van der Waals surface area contributed by atoms with Crippen molar-refractivity contribution in [2.24, 2.45) is 0 Å². The fraction of sp³-hybridized carbons (Fsp3) is 0.222. The molecule has 0 saturated heterocycles. The van der Waals surface area contributed by atoms with Gasteiger partial charge in [-0.15, -0.1) is 0 Å². The number of hydrogen-bond donors (Lipinski definition) is 1. The van der Waals surface area contributed by atoms with Gasteiger partial charge in [0.15, 0.2) is 5.16 Å². The number of nitrogens with one attached hydrogen (secondary N) is 1. The van der Waals surface area contributed by atoms with Gasteiger partial charge in [-0.25, -0.2) is 9.97 Å². The highest BCUT2D eigenvalue weighted by Gasteiger charge is 2.13. The van der Waals surface area contributed by atoms with Crippen LogP contribution in [0.2, 0.25) is 0 Å². The number of benzene rings is 1. The van der Waals surface area contributed by atoms with Crippen molar-refractivity contribution in [3.05, 3.63) is 58.9 Å². The first-order chi connectivity index (χ1) is 12.7. The van der Waals surface area contributed by atoms with Gasteiger partial charge in [0.05, 0.1) is 18.6 Å². The minimum atomic E-state index is -0.437. The molecular weight excluding hydrogens is 350 g/mol. The second-order valence-electron chi connectivity index (χ2n) is 5.44. The van der Waals surface area contributed by atoms with Gasteiger partial charge in [0.1, 0.15) is 17.4 Å². The number of aromatic nitrogens is 4. The van der Waals surface area contributed by atoms with Crippen LogP contribution in [-0.2, 0) is 6.54 Å². The van der Waals surface area contributed by atoms with Crippen molar-refractivity contribution in [1.29, 1.82) is 5.26 Å². The molecule has 2 heterocycles. The third-order valence-corrected chi connectivity index (χ3v) is 4.28. The van der Waals surface area contributed by atoms with Gasteiger partial charge in [-0.05, 0) is 24.8 Å². The van der Waals surface area contributed by atoms with E-state index in [-0.39, 0.29) is 5.56 Å². The Morgan fingerprint density at radius 2 is 2.31 bits per heavy atom. The molecule has 8 heteroatoms. The molecule has 1 aromatic carbocycles. The molecule has 0 fully saturated rings. The van der Waals surface area contributed by atoms with Crippen molar-refractivity contribution < 1.29 is 4.74 Å². The molecule has 0 saturated carbocycles. The summed E-state index contributed by atoms with van der Waals surface area (Å²) in [5.41, 5.74) is 0.605. The Labute approximate surface area is 154 Å². The predicted molar refractivity (Wildman–Crippen MR) is 99.1 cm³/mol. The smallest absolute Gasteiger partial charge is 0.270 e. The van der Waals surface area contributed by atoms with Crippen LogP contribution in [0.1, 0.15) is 12.0 Å². The van der Waals surface area contributed by atoms with E-state index in [1.807, 2.05) is 41.3 Å². The van der Waals surface area contributed by atoms with Crippen LogP contribution >= 0.6 is 11.8 Å². The highest BCUT2D eigenvalue weighted by Crippen LogP contribution is 2.25. The summed E-state index contributed by atoms with van der Waals surface area (Å²) in [7, 11) is 0. The number of aryl methyl sites for hydroxylation is 1. The van der Waals surface area contributed by atoms with E-state index in [0.717, 1.165) is 13.0 Å². The quantitative estimate of drug-likeness (QED) is 0.392. The number of thioether (sulfide) groups is 1. The zero-order chi connectivity index (χ0) is 18.4. The lowest BCUT2D eigenvalue weighted by atomic mass is 10.1. The summed E-state index contributed by atoms with van der Waals surface area (Å²) in [6.07, 6.45) is 8.07.